The van der Waals surface area contributed by atoms with Crippen LogP contribution in [0.4, 0.5) is 0 Å². The number of ether oxygens (including phenoxy) is 1. The number of carbonyl (C=O) groups is 1. The Balaban J connectivity index is 2.22. The molecular formula is C13H19NO2. The summed E-state index contributed by atoms with van der Waals surface area (Å²) >= 11 is 0. The molecule has 16 heavy (non-hydrogen) atoms. The maximum absolute atomic E-state index is 12.3. The highest BCUT2D eigenvalue weighted by molar-refractivity contribution is 5.98. The first-order valence-corrected chi connectivity index (χ1v) is 5.89. The van der Waals surface area contributed by atoms with E-state index in [1.165, 1.54) is 5.56 Å². The van der Waals surface area contributed by atoms with E-state index >= 15 is 0 Å². The number of nitrogens with one attached hydrogen (secondary N) is 1. The molecule has 3 heteroatoms. The van der Waals surface area contributed by atoms with Crippen molar-refractivity contribution in [2.45, 2.75) is 33.6 Å². The maximum atomic E-state index is 12.3. The number of Topliss-reactive ketones (excluding diaryl/α,β-unsaturated/α-hetero) is 1. The smallest absolute Gasteiger partial charge is 0.184 e. The molecular weight excluding hydrogens is 202 g/mol. The molecule has 1 N–H and O–H groups in total. The molecule has 0 radical (unpaired) electrons. The van der Waals surface area contributed by atoms with Crippen LogP contribution in [0.1, 0.15) is 40.2 Å². The second-order valence-electron chi connectivity index (χ2n) is 4.65. The molecule has 1 aliphatic rings. The van der Waals surface area contributed by atoms with Gasteiger partial charge >= 0.3 is 0 Å². The van der Waals surface area contributed by atoms with Gasteiger partial charge in [0.1, 0.15) is 0 Å². The van der Waals surface area contributed by atoms with Gasteiger partial charge in [-0.2, -0.15) is 0 Å². The summed E-state index contributed by atoms with van der Waals surface area (Å²) < 4.78 is 5.37. The highest BCUT2D eigenvalue weighted by Crippen LogP contribution is 2.23. The fraction of sp³-hybridized carbons (Fsp3) is 0.615. The standard InChI is InChI=1S/C13H19NO2/c1-8-9(2)12(14-10(8)3)13(15)11-5-4-6-16-7-11/h11,14H,4-7H2,1-3H3. The molecule has 3 nitrogen and oxygen atoms in total. The van der Waals surface area contributed by atoms with Crippen molar-refractivity contribution in [3.8, 4) is 0 Å². The van der Waals surface area contributed by atoms with Crippen LogP contribution in [0.15, 0.2) is 0 Å². The second kappa shape index (κ2) is 4.42. The van der Waals surface area contributed by atoms with Gasteiger partial charge in [-0.3, -0.25) is 4.79 Å². The van der Waals surface area contributed by atoms with Gasteiger partial charge in [0.15, 0.2) is 5.78 Å². The van der Waals surface area contributed by atoms with Crippen LogP contribution in [0, 0.1) is 26.7 Å². The molecule has 1 fully saturated rings. The number of hydrogen-bond acceptors (Lipinski definition) is 2. The number of H-pyrrole nitrogens is 1. The van der Waals surface area contributed by atoms with E-state index in [0.717, 1.165) is 36.4 Å². The molecule has 1 atom stereocenters. The van der Waals surface area contributed by atoms with Crippen LogP contribution < -0.4 is 0 Å². The van der Waals surface area contributed by atoms with E-state index in [-0.39, 0.29) is 11.7 Å². The summed E-state index contributed by atoms with van der Waals surface area (Å²) in [6, 6.07) is 0. The Labute approximate surface area is 96.2 Å². The third-order valence-corrected chi connectivity index (χ3v) is 3.59. The zero-order valence-corrected chi connectivity index (χ0v) is 10.2. The molecule has 0 saturated carbocycles. The fourth-order valence-electron chi connectivity index (χ4n) is 2.24. The first kappa shape index (κ1) is 11.4. The zero-order valence-electron chi connectivity index (χ0n) is 10.2. The van der Waals surface area contributed by atoms with Crippen LogP contribution in [0.5, 0.6) is 0 Å². The van der Waals surface area contributed by atoms with Gasteiger partial charge in [-0.05, 0) is 44.7 Å². The molecule has 2 rings (SSSR count). The Kier molecular flexibility index (Phi) is 3.15. The van der Waals surface area contributed by atoms with Gasteiger partial charge in [-0.1, -0.05) is 0 Å². The van der Waals surface area contributed by atoms with Crippen LogP contribution in [0.2, 0.25) is 0 Å². The van der Waals surface area contributed by atoms with E-state index in [4.69, 9.17) is 4.74 Å². The number of ketones is 1. The highest BCUT2D eigenvalue weighted by atomic mass is 16.5. The lowest BCUT2D eigenvalue weighted by atomic mass is 9.94. The zero-order chi connectivity index (χ0) is 11.7. The highest BCUT2D eigenvalue weighted by Gasteiger charge is 2.26. The predicted molar refractivity (Wildman–Crippen MR) is 62.9 cm³/mol. The third kappa shape index (κ3) is 1.92. The van der Waals surface area contributed by atoms with Crippen LogP contribution in [0.3, 0.4) is 0 Å². The predicted octanol–water partition coefficient (Wildman–Crippen LogP) is 2.55. The van der Waals surface area contributed by atoms with E-state index in [0.29, 0.717) is 6.61 Å². The van der Waals surface area contributed by atoms with Crippen molar-refractivity contribution >= 4 is 5.78 Å². The minimum atomic E-state index is 0.0462. The summed E-state index contributed by atoms with van der Waals surface area (Å²) in [4.78, 5) is 15.5. The number of aromatic nitrogens is 1. The molecule has 1 aromatic rings. The van der Waals surface area contributed by atoms with E-state index in [2.05, 4.69) is 11.9 Å². The first-order chi connectivity index (χ1) is 7.61. The molecule has 0 spiro atoms. The van der Waals surface area contributed by atoms with Crippen molar-refractivity contribution in [1.82, 2.24) is 4.98 Å². The topological polar surface area (TPSA) is 42.1 Å². The van der Waals surface area contributed by atoms with Gasteiger partial charge in [0.2, 0.25) is 0 Å². The number of hydrogen-bond donors (Lipinski definition) is 1. The van der Waals surface area contributed by atoms with Gasteiger partial charge in [-0.25, -0.2) is 0 Å². The van der Waals surface area contributed by atoms with Crippen molar-refractivity contribution < 1.29 is 9.53 Å². The largest absolute Gasteiger partial charge is 0.381 e. The quantitative estimate of drug-likeness (QED) is 0.780. The molecule has 0 aliphatic carbocycles. The van der Waals surface area contributed by atoms with Gasteiger partial charge in [0, 0.05) is 18.2 Å². The third-order valence-electron chi connectivity index (χ3n) is 3.59. The number of rotatable bonds is 2. The summed E-state index contributed by atoms with van der Waals surface area (Å²) in [6.07, 6.45) is 1.95. The first-order valence-electron chi connectivity index (χ1n) is 5.89. The Morgan fingerprint density at radius 3 is 2.56 bits per heavy atom. The molecule has 0 amide bonds. The summed E-state index contributed by atoms with van der Waals surface area (Å²) in [5.41, 5.74) is 4.16. The molecule has 0 aromatic carbocycles. The van der Waals surface area contributed by atoms with Gasteiger partial charge < -0.3 is 9.72 Å². The molecule has 1 aliphatic heterocycles. The number of aryl methyl sites for hydroxylation is 1. The normalized spacial score (nSPS) is 21.1. The van der Waals surface area contributed by atoms with Crippen molar-refractivity contribution in [2.75, 3.05) is 13.2 Å². The maximum Gasteiger partial charge on any atom is 0.184 e. The van der Waals surface area contributed by atoms with E-state index < -0.39 is 0 Å². The minimum Gasteiger partial charge on any atom is -0.381 e. The monoisotopic (exact) mass is 221 g/mol. The van der Waals surface area contributed by atoms with Crippen LogP contribution in [-0.2, 0) is 4.74 Å². The summed E-state index contributed by atoms with van der Waals surface area (Å²) in [7, 11) is 0. The van der Waals surface area contributed by atoms with Gasteiger partial charge in [0.05, 0.1) is 12.3 Å². The van der Waals surface area contributed by atoms with Crippen molar-refractivity contribution in [1.29, 1.82) is 0 Å². The van der Waals surface area contributed by atoms with Crippen LogP contribution >= 0.6 is 0 Å². The minimum absolute atomic E-state index is 0.0462. The van der Waals surface area contributed by atoms with Gasteiger partial charge in [-0.15, -0.1) is 0 Å². The van der Waals surface area contributed by atoms with Crippen LogP contribution in [0.25, 0.3) is 0 Å². The Bertz CT molecular complexity index is 400. The lowest BCUT2D eigenvalue weighted by Crippen LogP contribution is -2.26. The molecule has 88 valence electrons. The molecule has 1 saturated heterocycles. The Morgan fingerprint density at radius 2 is 2.06 bits per heavy atom. The van der Waals surface area contributed by atoms with Crippen LogP contribution in [-0.4, -0.2) is 24.0 Å². The molecule has 1 aromatic heterocycles. The Hall–Kier alpha value is -1.09. The summed E-state index contributed by atoms with van der Waals surface area (Å²) in [6.45, 7) is 7.45. The Morgan fingerprint density at radius 1 is 1.31 bits per heavy atom. The number of aromatic amines is 1. The van der Waals surface area contributed by atoms with E-state index in [1.807, 2.05) is 13.8 Å². The van der Waals surface area contributed by atoms with E-state index in [1.54, 1.807) is 0 Å². The van der Waals surface area contributed by atoms with Crippen molar-refractivity contribution in [3.63, 3.8) is 0 Å². The lowest BCUT2D eigenvalue weighted by molar-refractivity contribution is 0.0458. The average molecular weight is 221 g/mol. The van der Waals surface area contributed by atoms with Crippen molar-refractivity contribution in [3.05, 3.63) is 22.5 Å². The SMILES string of the molecule is Cc1[nH]c(C(=O)C2CCCOC2)c(C)c1C. The van der Waals surface area contributed by atoms with Crippen molar-refractivity contribution in [2.24, 2.45) is 5.92 Å². The lowest BCUT2D eigenvalue weighted by Gasteiger charge is -2.20. The van der Waals surface area contributed by atoms with E-state index in [9.17, 15) is 4.79 Å². The number of carbonyl (C=O) groups excluding carboxylic acids is 1. The summed E-state index contributed by atoms with van der Waals surface area (Å²) in [5, 5.41) is 0. The van der Waals surface area contributed by atoms with Gasteiger partial charge in [0.25, 0.3) is 0 Å². The molecule has 1 unspecified atom stereocenters. The summed E-state index contributed by atoms with van der Waals surface area (Å²) in [5.74, 6) is 0.262. The second-order valence-corrected chi connectivity index (χ2v) is 4.65. The molecule has 0 bridgehead atoms. The fourth-order valence-corrected chi connectivity index (χ4v) is 2.24. The molecule has 2 heterocycles. The average Bonchev–Trinajstić information content (AvgIpc) is 2.57.